The summed E-state index contributed by atoms with van der Waals surface area (Å²) >= 11 is 0. The molecule has 11 rings (SSSR count). The van der Waals surface area contributed by atoms with Crippen LogP contribution in [0.5, 0.6) is 0 Å². The van der Waals surface area contributed by atoms with Gasteiger partial charge in [-0.1, -0.05) is 50.3 Å². The SMILES string of the molecule is CC[C@]1(O)C[C@H]2CN(CCc3c([nH]c4ccc(-c5ccc(F)cc5)cc34)[C@@](C(=O)OC)(C3C=C4C(=CC3OC)N(C)[C@@]35O[C@]3(C(=O)OC)[C@H](OC(C)=O)[C@]3(CC)C=CCN6CC[C@]45[C@@H]63)C2)C1. The van der Waals surface area contributed by atoms with Crippen molar-refractivity contribution in [3.63, 3.8) is 0 Å². The van der Waals surface area contributed by atoms with E-state index in [1.165, 1.54) is 33.3 Å². The van der Waals surface area contributed by atoms with Gasteiger partial charge in [0.05, 0.1) is 31.3 Å². The molecule has 14 heteroatoms. The lowest BCUT2D eigenvalue weighted by Gasteiger charge is -2.58. The maximum absolute atomic E-state index is 15.7. The number of fused-ring (bicyclic) bond motifs is 6. The number of aromatic nitrogens is 1. The zero-order valence-corrected chi connectivity index (χ0v) is 38.9. The molecule has 12 atom stereocenters. The number of hydrogen-bond acceptors (Lipinski definition) is 12. The van der Waals surface area contributed by atoms with Crippen LogP contribution >= 0.6 is 0 Å². The lowest BCUT2D eigenvalue weighted by atomic mass is 9.48. The van der Waals surface area contributed by atoms with Crippen molar-refractivity contribution in [3.8, 4) is 11.1 Å². The van der Waals surface area contributed by atoms with Crippen molar-refractivity contribution in [2.45, 2.75) is 99.9 Å². The topological polar surface area (TPSA) is 146 Å². The van der Waals surface area contributed by atoms with Gasteiger partial charge in [-0.25, -0.2) is 9.18 Å². The number of nitrogens with zero attached hydrogens (tertiary/aromatic N) is 3. The summed E-state index contributed by atoms with van der Waals surface area (Å²) in [6, 6.07) is 12.4. The summed E-state index contributed by atoms with van der Waals surface area (Å²) in [5, 5.41) is 13.1. The molecule has 2 N–H and O–H groups in total. The predicted octanol–water partition coefficient (Wildman–Crippen LogP) is 5.81. The summed E-state index contributed by atoms with van der Waals surface area (Å²) < 4.78 is 46.0. The predicted molar refractivity (Wildman–Crippen MR) is 242 cm³/mol. The molecule has 0 amide bonds. The average Bonchev–Trinajstić information content (AvgIpc) is 3.56. The first-order chi connectivity index (χ1) is 31.7. The van der Waals surface area contributed by atoms with Gasteiger partial charge >= 0.3 is 17.9 Å². The Morgan fingerprint density at radius 2 is 1.73 bits per heavy atom. The molecule has 6 aliphatic heterocycles. The minimum Gasteiger partial charge on any atom is -0.468 e. The van der Waals surface area contributed by atoms with E-state index in [0.29, 0.717) is 71.2 Å². The number of epoxide rings is 1. The van der Waals surface area contributed by atoms with E-state index < -0.39 is 69.2 Å². The molecule has 2 spiro atoms. The molecule has 4 saturated heterocycles. The molecule has 8 aliphatic rings. The molecule has 66 heavy (non-hydrogen) atoms. The number of aromatic amines is 1. The second-order valence-corrected chi connectivity index (χ2v) is 20.4. The van der Waals surface area contributed by atoms with Crippen LogP contribution in [0.15, 0.2) is 78.0 Å². The number of ether oxygens (including phenoxy) is 5. The molecule has 1 saturated carbocycles. The number of piperidine rings is 1. The van der Waals surface area contributed by atoms with Crippen LogP contribution in [-0.2, 0) is 49.9 Å². The van der Waals surface area contributed by atoms with Crippen LogP contribution < -0.4 is 0 Å². The normalized spacial score (nSPS) is 39.4. The van der Waals surface area contributed by atoms with Crippen molar-refractivity contribution in [1.82, 2.24) is 19.7 Å². The number of carbonyl (C=O) groups excluding carboxylic acids is 3. The molecule has 7 heterocycles. The number of carbonyl (C=O) groups is 3. The summed E-state index contributed by atoms with van der Waals surface area (Å²) in [5.41, 5.74) is -0.816. The van der Waals surface area contributed by atoms with E-state index in [-0.39, 0.29) is 17.8 Å². The van der Waals surface area contributed by atoms with Gasteiger partial charge in [0.2, 0.25) is 0 Å². The highest BCUT2D eigenvalue weighted by atomic mass is 19.1. The Labute approximate surface area is 384 Å². The monoisotopic (exact) mass is 904 g/mol. The number of allylic oxidation sites excluding steroid dienone is 1. The molecule has 2 aromatic carbocycles. The fourth-order valence-corrected chi connectivity index (χ4v) is 15.2. The highest BCUT2D eigenvalue weighted by molar-refractivity contribution is 5.94. The molecule has 5 fully saturated rings. The number of likely N-dealkylation sites (N-methyl/N-ethyl adjacent to an activating group) is 1. The Morgan fingerprint density at radius 1 is 0.970 bits per heavy atom. The van der Waals surface area contributed by atoms with Gasteiger partial charge in [-0.15, -0.1) is 0 Å². The fraction of sp³-hybridized carbons (Fsp3) is 0.558. The van der Waals surface area contributed by atoms with Crippen LogP contribution in [0.2, 0.25) is 0 Å². The lowest BCUT2D eigenvalue weighted by Crippen LogP contribution is -2.73. The van der Waals surface area contributed by atoms with Crippen molar-refractivity contribution in [2.75, 3.05) is 61.1 Å². The van der Waals surface area contributed by atoms with Crippen LogP contribution in [-0.4, -0.2) is 139 Å². The number of hydrogen-bond donors (Lipinski definition) is 2. The standard InChI is InChI=1S/C52H61FN4O9/c1-8-47(61)26-31-27-49(45(59)63-6,42-35(17-21-56(28-31)29-47)36-23-33(13-16-39(36)54-42)32-11-14-34(53)15-12-32)38-24-37-40(25-41(38)62-5)55(4)52-50(37)19-22-57-20-10-18-48(9-2,43(50)57)44(65-30(3)58)51(52,66-52)46(60)64-7/h10-16,18,23-25,31,38,41,43-44,54,61H,8-9,17,19-22,26-29H2,1-7H3/t31-,38?,41?,43+,44-,47+,48-,49+,50-,51+,52+/m1/s1. The van der Waals surface area contributed by atoms with E-state index >= 15 is 4.79 Å². The van der Waals surface area contributed by atoms with Crippen LogP contribution in [0, 0.1) is 28.5 Å². The highest BCUT2D eigenvalue weighted by Crippen LogP contribution is 2.82. The minimum absolute atomic E-state index is 0.108. The number of rotatable bonds is 8. The van der Waals surface area contributed by atoms with Gasteiger partial charge in [-0.05, 0) is 104 Å². The smallest absolute Gasteiger partial charge is 0.347 e. The summed E-state index contributed by atoms with van der Waals surface area (Å²) in [7, 11) is 6.42. The number of H-pyrrole nitrogens is 1. The number of aliphatic hydroxyl groups is 1. The zero-order valence-electron chi connectivity index (χ0n) is 38.9. The Morgan fingerprint density at radius 3 is 2.42 bits per heavy atom. The third-order valence-corrected chi connectivity index (χ3v) is 17.7. The van der Waals surface area contributed by atoms with Crippen molar-refractivity contribution < 1.29 is 47.6 Å². The molecular weight excluding hydrogens is 844 g/mol. The van der Waals surface area contributed by atoms with Crippen LogP contribution in [0.3, 0.4) is 0 Å². The number of halogens is 1. The lowest BCUT2D eigenvalue weighted by molar-refractivity contribution is -0.182. The Balaban J connectivity index is 1.18. The van der Waals surface area contributed by atoms with Gasteiger partial charge in [-0.2, -0.15) is 0 Å². The molecule has 3 aromatic rings. The number of benzene rings is 2. The first-order valence-corrected chi connectivity index (χ1v) is 23.7. The van der Waals surface area contributed by atoms with Crippen molar-refractivity contribution >= 4 is 28.8 Å². The Bertz CT molecular complexity index is 2650. The molecule has 1 aromatic heterocycles. The van der Waals surface area contributed by atoms with Gasteiger partial charge in [-0.3, -0.25) is 19.4 Å². The van der Waals surface area contributed by atoms with Crippen LogP contribution in [0.1, 0.15) is 64.1 Å². The van der Waals surface area contributed by atoms with E-state index in [9.17, 15) is 19.1 Å². The van der Waals surface area contributed by atoms with Crippen molar-refractivity contribution in [2.24, 2.45) is 22.7 Å². The summed E-state index contributed by atoms with van der Waals surface area (Å²) in [4.78, 5) is 54.2. The van der Waals surface area contributed by atoms with Crippen molar-refractivity contribution in [1.29, 1.82) is 0 Å². The van der Waals surface area contributed by atoms with Gasteiger partial charge in [0.1, 0.15) is 11.2 Å². The summed E-state index contributed by atoms with van der Waals surface area (Å²) in [5.74, 6) is -2.59. The third kappa shape index (κ3) is 5.36. The second kappa shape index (κ2) is 14.8. The molecule has 2 bridgehead atoms. The van der Waals surface area contributed by atoms with Gasteiger partial charge in [0.15, 0.2) is 11.8 Å². The van der Waals surface area contributed by atoms with Crippen LogP contribution in [0.4, 0.5) is 4.39 Å². The maximum atomic E-state index is 15.7. The van der Waals surface area contributed by atoms with E-state index in [1.807, 2.05) is 26.1 Å². The van der Waals surface area contributed by atoms with E-state index in [1.54, 1.807) is 19.2 Å². The molecule has 350 valence electrons. The fourth-order valence-electron chi connectivity index (χ4n) is 15.2. The number of methoxy groups -OCH3 is 3. The van der Waals surface area contributed by atoms with E-state index in [4.69, 9.17) is 23.7 Å². The quantitative estimate of drug-likeness (QED) is 0.122. The third-order valence-electron chi connectivity index (χ3n) is 17.7. The largest absolute Gasteiger partial charge is 0.468 e. The van der Waals surface area contributed by atoms with E-state index in [0.717, 1.165) is 44.6 Å². The van der Waals surface area contributed by atoms with Gasteiger partial charge < -0.3 is 38.7 Å². The molecule has 0 radical (unpaired) electrons. The van der Waals surface area contributed by atoms with Crippen LogP contribution in [0.25, 0.3) is 22.0 Å². The molecule has 13 nitrogen and oxygen atoms in total. The van der Waals surface area contributed by atoms with Gasteiger partial charge in [0, 0.05) is 86.9 Å². The summed E-state index contributed by atoms with van der Waals surface area (Å²) in [6.07, 6.45) is 10.2. The zero-order chi connectivity index (χ0) is 46.3. The second-order valence-electron chi connectivity index (χ2n) is 20.4. The Hall–Kier alpha value is -4.86. The molecular formula is C52H61FN4O9. The highest BCUT2D eigenvalue weighted by Gasteiger charge is 2.99. The maximum Gasteiger partial charge on any atom is 0.347 e. The number of nitrogens with one attached hydrogen (secondary N) is 1. The molecule has 3 unspecified atom stereocenters. The average molecular weight is 905 g/mol. The summed E-state index contributed by atoms with van der Waals surface area (Å²) in [6.45, 7) is 8.74. The van der Waals surface area contributed by atoms with Gasteiger partial charge in [0.25, 0.3) is 5.60 Å². The molecule has 2 aliphatic carbocycles. The number of likely N-dealkylation sites (tertiary alicyclic amines) is 1. The first-order valence-electron chi connectivity index (χ1n) is 23.7. The first kappa shape index (κ1) is 43.7. The van der Waals surface area contributed by atoms with Crippen molar-refractivity contribution in [3.05, 3.63) is 95.1 Å². The Kier molecular flexibility index (Phi) is 9.81. The number of esters is 3. The minimum atomic E-state index is -1.68. The van der Waals surface area contributed by atoms with E-state index in [2.05, 4.69) is 57.0 Å².